The minimum absolute atomic E-state index is 0.154. The van der Waals surface area contributed by atoms with Gasteiger partial charge in [0.15, 0.2) is 13.2 Å². The van der Waals surface area contributed by atoms with Crippen molar-refractivity contribution < 1.29 is 28.6 Å². The van der Waals surface area contributed by atoms with Gasteiger partial charge in [-0.1, -0.05) is 29.8 Å². The Balaban J connectivity index is 1.62. The Morgan fingerprint density at radius 3 is 2.44 bits per heavy atom. The van der Waals surface area contributed by atoms with Gasteiger partial charge in [-0.25, -0.2) is 9.59 Å². The van der Waals surface area contributed by atoms with E-state index in [4.69, 9.17) is 31.1 Å². The molecule has 0 atom stereocenters. The molecule has 1 amide bonds. The second-order valence-corrected chi connectivity index (χ2v) is 7.97. The van der Waals surface area contributed by atoms with Gasteiger partial charge in [-0.3, -0.25) is 4.79 Å². The average molecular weight is 499 g/mol. The number of esters is 2. The molecule has 0 radical (unpaired) electrons. The van der Waals surface area contributed by atoms with Crippen LogP contribution in [0.4, 0.5) is 5.00 Å². The quantitative estimate of drug-likeness (QED) is 0.426. The van der Waals surface area contributed by atoms with Crippen molar-refractivity contribution in [1.82, 2.24) is 0 Å². The molecule has 0 unspecified atom stereocenters. The SMILES string of the molecule is CCOC(=O)c1c(-c2ccccc2Cl)csc1NC(=O)COC(=O)COc1ccc(C#N)cc1. The van der Waals surface area contributed by atoms with Crippen LogP contribution in [-0.4, -0.2) is 37.7 Å². The van der Waals surface area contributed by atoms with Crippen LogP contribution in [0.15, 0.2) is 53.9 Å². The van der Waals surface area contributed by atoms with Crippen LogP contribution in [0, 0.1) is 11.3 Å². The standard InChI is InChI=1S/C24H19ClN2O6S/c1-2-31-24(30)22-18(17-5-3-4-6-19(17)25)14-34-23(22)27-20(28)12-33-21(29)13-32-16-9-7-15(11-26)8-10-16/h3-10,14H,2,12-13H2,1H3,(H,27,28). The van der Waals surface area contributed by atoms with Crippen molar-refractivity contribution in [3.63, 3.8) is 0 Å². The number of hydrogen-bond acceptors (Lipinski definition) is 8. The minimum atomic E-state index is -0.756. The summed E-state index contributed by atoms with van der Waals surface area (Å²) >= 11 is 7.41. The summed E-state index contributed by atoms with van der Waals surface area (Å²) in [5.74, 6) is -1.62. The van der Waals surface area contributed by atoms with E-state index in [1.54, 1.807) is 60.8 Å². The number of anilines is 1. The minimum Gasteiger partial charge on any atom is -0.482 e. The molecule has 0 aliphatic heterocycles. The molecular formula is C24H19ClN2O6S. The Labute approximate surface area is 204 Å². The fraction of sp³-hybridized carbons (Fsp3) is 0.167. The molecule has 34 heavy (non-hydrogen) atoms. The molecule has 0 aliphatic rings. The van der Waals surface area contributed by atoms with E-state index >= 15 is 0 Å². The predicted molar refractivity (Wildman–Crippen MR) is 127 cm³/mol. The van der Waals surface area contributed by atoms with Gasteiger partial charge in [0.2, 0.25) is 0 Å². The maximum atomic E-state index is 12.6. The van der Waals surface area contributed by atoms with Gasteiger partial charge in [-0.15, -0.1) is 11.3 Å². The molecule has 10 heteroatoms. The zero-order chi connectivity index (χ0) is 24.5. The number of nitriles is 1. The number of benzene rings is 2. The molecule has 1 heterocycles. The van der Waals surface area contributed by atoms with E-state index in [2.05, 4.69) is 5.32 Å². The molecule has 8 nitrogen and oxygen atoms in total. The van der Waals surface area contributed by atoms with Crippen LogP contribution in [0.2, 0.25) is 5.02 Å². The summed E-state index contributed by atoms with van der Waals surface area (Å²) in [4.78, 5) is 36.9. The number of nitrogens with one attached hydrogen (secondary N) is 1. The van der Waals surface area contributed by atoms with Gasteiger partial charge in [0.1, 0.15) is 16.3 Å². The molecule has 0 saturated heterocycles. The number of amides is 1. The molecule has 3 aromatic rings. The van der Waals surface area contributed by atoms with Crippen LogP contribution in [0.3, 0.4) is 0 Å². The van der Waals surface area contributed by atoms with Crippen LogP contribution < -0.4 is 10.1 Å². The highest BCUT2D eigenvalue weighted by Gasteiger charge is 2.24. The molecule has 0 aliphatic carbocycles. The molecule has 3 rings (SSSR count). The monoisotopic (exact) mass is 498 g/mol. The lowest BCUT2D eigenvalue weighted by Crippen LogP contribution is -2.24. The molecule has 0 saturated carbocycles. The molecule has 1 aromatic heterocycles. The van der Waals surface area contributed by atoms with Gasteiger partial charge in [-0.05, 0) is 37.3 Å². The number of carbonyl (C=O) groups is 3. The van der Waals surface area contributed by atoms with Crippen molar-refractivity contribution in [2.45, 2.75) is 6.92 Å². The summed E-state index contributed by atoms with van der Waals surface area (Å²) in [6, 6.07) is 15.2. The number of carbonyl (C=O) groups excluding carboxylic acids is 3. The number of ether oxygens (including phenoxy) is 3. The van der Waals surface area contributed by atoms with Gasteiger partial charge in [0.25, 0.3) is 5.91 Å². The van der Waals surface area contributed by atoms with Crippen molar-refractivity contribution >= 4 is 45.8 Å². The first-order chi connectivity index (χ1) is 16.4. The van der Waals surface area contributed by atoms with Gasteiger partial charge < -0.3 is 19.5 Å². The lowest BCUT2D eigenvalue weighted by Gasteiger charge is -2.10. The third-order valence-electron chi connectivity index (χ3n) is 4.39. The van der Waals surface area contributed by atoms with Crippen molar-refractivity contribution in [3.8, 4) is 22.9 Å². The molecule has 0 spiro atoms. The lowest BCUT2D eigenvalue weighted by atomic mass is 10.0. The van der Waals surface area contributed by atoms with E-state index in [0.717, 1.165) is 11.3 Å². The maximum Gasteiger partial charge on any atom is 0.344 e. The highest BCUT2D eigenvalue weighted by atomic mass is 35.5. The molecule has 1 N–H and O–H groups in total. The van der Waals surface area contributed by atoms with E-state index in [-0.39, 0.29) is 17.2 Å². The maximum absolute atomic E-state index is 12.6. The summed E-state index contributed by atoms with van der Waals surface area (Å²) in [5, 5.41) is 13.8. The summed E-state index contributed by atoms with van der Waals surface area (Å²) in [6.07, 6.45) is 0. The Hall–Kier alpha value is -3.87. The van der Waals surface area contributed by atoms with Gasteiger partial charge in [0.05, 0.1) is 18.2 Å². The average Bonchev–Trinajstić information content (AvgIpc) is 3.25. The smallest absolute Gasteiger partial charge is 0.344 e. The van der Waals surface area contributed by atoms with E-state index in [1.165, 1.54) is 0 Å². The summed E-state index contributed by atoms with van der Waals surface area (Å²) in [7, 11) is 0. The van der Waals surface area contributed by atoms with E-state index in [0.29, 0.717) is 27.5 Å². The Bertz CT molecular complexity index is 1230. The largest absolute Gasteiger partial charge is 0.482 e. The first-order valence-corrected chi connectivity index (χ1v) is 11.3. The molecule has 2 aromatic carbocycles. The zero-order valence-electron chi connectivity index (χ0n) is 18.0. The summed E-state index contributed by atoms with van der Waals surface area (Å²) in [6.45, 7) is 0.845. The van der Waals surface area contributed by atoms with E-state index < -0.39 is 31.1 Å². The van der Waals surface area contributed by atoms with E-state index in [1.807, 2.05) is 6.07 Å². The van der Waals surface area contributed by atoms with Crippen LogP contribution in [0.25, 0.3) is 11.1 Å². The van der Waals surface area contributed by atoms with Gasteiger partial charge >= 0.3 is 11.9 Å². The van der Waals surface area contributed by atoms with Crippen molar-refractivity contribution in [3.05, 3.63) is 70.1 Å². The number of rotatable bonds is 9. The van der Waals surface area contributed by atoms with Crippen LogP contribution in [0.1, 0.15) is 22.8 Å². The lowest BCUT2D eigenvalue weighted by molar-refractivity contribution is -0.149. The van der Waals surface area contributed by atoms with Gasteiger partial charge in [0, 0.05) is 21.5 Å². The summed E-state index contributed by atoms with van der Waals surface area (Å²) in [5.41, 5.74) is 1.77. The highest BCUT2D eigenvalue weighted by Crippen LogP contribution is 2.39. The molecule has 0 fully saturated rings. The van der Waals surface area contributed by atoms with Crippen molar-refractivity contribution in [2.24, 2.45) is 0 Å². The second-order valence-electron chi connectivity index (χ2n) is 6.69. The fourth-order valence-corrected chi connectivity index (χ4v) is 4.05. The van der Waals surface area contributed by atoms with Crippen LogP contribution >= 0.6 is 22.9 Å². The third kappa shape index (κ3) is 6.34. The number of halogens is 1. The number of nitrogens with zero attached hydrogens (tertiary/aromatic N) is 1. The Kier molecular flexibility index (Phi) is 8.62. The molecule has 0 bridgehead atoms. The van der Waals surface area contributed by atoms with Crippen molar-refractivity contribution in [1.29, 1.82) is 5.26 Å². The predicted octanol–water partition coefficient (Wildman–Crippen LogP) is 4.68. The molecule has 174 valence electrons. The topological polar surface area (TPSA) is 115 Å². The zero-order valence-corrected chi connectivity index (χ0v) is 19.6. The van der Waals surface area contributed by atoms with E-state index in [9.17, 15) is 14.4 Å². The normalized spacial score (nSPS) is 10.1. The Morgan fingerprint density at radius 1 is 1.03 bits per heavy atom. The van der Waals surface area contributed by atoms with Gasteiger partial charge in [-0.2, -0.15) is 5.26 Å². The highest BCUT2D eigenvalue weighted by molar-refractivity contribution is 7.15. The first kappa shape index (κ1) is 24.8. The summed E-state index contributed by atoms with van der Waals surface area (Å²) < 4.78 is 15.4. The fourth-order valence-electron chi connectivity index (χ4n) is 2.85. The number of thiophene rings is 1. The first-order valence-electron chi connectivity index (χ1n) is 10.0. The molecular weight excluding hydrogens is 480 g/mol. The third-order valence-corrected chi connectivity index (χ3v) is 5.62. The Morgan fingerprint density at radius 2 is 1.76 bits per heavy atom. The second kappa shape index (κ2) is 11.8. The van der Waals surface area contributed by atoms with Crippen LogP contribution in [0.5, 0.6) is 5.75 Å². The van der Waals surface area contributed by atoms with Crippen LogP contribution in [-0.2, 0) is 19.1 Å². The van der Waals surface area contributed by atoms with Crippen molar-refractivity contribution in [2.75, 3.05) is 25.1 Å². The number of hydrogen-bond donors (Lipinski definition) is 1.